The van der Waals surface area contributed by atoms with Crippen molar-refractivity contribution < 1.29 is 49.7 Å². The number of hydrogen-bond acceptors (Lipinski definition) is 4. The molecule has 0 unspecified atom stereocenters. The molecule has 0 aliphatic rings. The van der Waals surface area contributed by atoms with Gasteiger partial charge in [-0.05, 0) is 48.5 Å². The predicted molar refractivity (Wildman–Crippen MR) is 115 cm³/mol. The summed E-state index contributed by atoms with van der Waals surface area (Å²) in [6.07, 6.45) is 0. The first-order valence-corrected chi connectivity index (χ1v) is 9.29. The van der Waals surface area contributed by atoms with Gasteiger partial charge in [0.15, 0.2) is 5.75 Å². The fourth-order valence-electron chi connectivity index (χ4n) is 2.64. The molecule has 144 valence electrons. The van der Waals surface area contributed by atoms with Crippen molar-refractivity contribution in [2.24, 2.45) is 0 Å². The van der Waals surface area contributed by atoms with Gasteiger partial charge in [0.1, 0.15) is 23.0 Å². The monoisotopic (exact) mass is 406 g/mol. The van der Waals surface area contributed by atoms with Crippen LogP contribution in [0, 0.1) is 0 Å². The Bertz CT molecular complexity index is 982. The summed E-state index contributed by atoms with van der Waals surface area (Å²) in [6, 6.07) is 35.7. The number of para-hydroxylation sites is 5. The molecule has 0 aliphatic carbocycles. The molecule has 0 atom stereocenters. The Balaban J connectivity index is 0.00000171. The molecule has 0 aromatic heterocycles. The fourth-order valence-corrected chi connectivity index (χ4v) is 2.64. The summed E-state index contributed by atoms with van der Waals surface area (Å²) in [5, 5.41) is 0. The third-order valence-corrected chi connectivity index (χ3v) is 3.99. The van der Waals surface area contributed by atoms with Gasteiger partial charge in [0, 0.05) is 0 Å². The van der Waals surface area contributed by atoms with Gasteiger partial charge in [-0.2, -0.15) is 0 Å². The molecule has 0 N–H and O–H groups in total. The maximum absolute atomic E-state index is 6.06. The van der Waals surface area contributed by atoms with E-state index in [1.165, 1.54) is 0 Å². The first-order chi connectivity index (χ1) is 14.4. The number of rotatable bonds is 8. The maximum atomic E-state index is 6.06. The van der Waals surface area contributed by atoms with Gasteiger partial charge in [-0.3, -0.25) is 0 Å². The summed E-state index contributed by atoms with van der Waals surface area (Å²) < 4.78 is 23.9. The van der Waals surface area contributed by atoms with Gasteiger partial charge in [0.25, 0.3) is 0 Å². The van der Waals surface area contributed by atoms with Crippen LogP contribution in [-0.4, -0.2) is 7.32 Å². The SMILES string of the molecule is [H-].[Na+].c1ccc(OB(Oc2ccccc2)Oc2ccccc2Oc2ccccc2)cc1. The van der Waals surface area contributed by atoms with Crippen LogP contribution in [0.2, 0.25) is 0 Å². The standard InChI is InChI=1S/C24H19BO4.Na.H/c1-4-12-20(13-5-1)26-23-18-10-11-19-24(23)29-25(27-21-14-6-2-7-15-21)28-22-16-8-3-9-17-22;;/h1-19H;;/q;+1;-1. The molecule has 0 bridgehead atoms. The average Bonchev–Trinajstić information content (AvgIpc) is 2.77. The molecule has 0 radical (unpaired) electrons. The van der Waals surface area contributed by atoms with Crippen molar-refractivity contribution in [2.75, 3.05) is 0 Å². The number of ether oxygens (including phenoxy) is 1. The molecule has 0 heterocycles. The van der Waals surface area contributed by atoms with Crippen LogP contribution in [0.4, 0.5) is 0 Å². The Morgan fingerprint density at radius 1 is 0.433 bits per heavy atom. The van der Waals surface area contributed by atoms with Crippen molar-refractivity contribution in [2.45, 2.75) is 0 Å². The van der Waals surface area contributed by atoms with Crippen LogP contribution in [-0.2, 0) is 0 Å². The fraction of sp³-hybridized carbons (Fsp3) is 0. The Hall–Kier alpha value is -2.86. The zero-order valence-corrected chi connectivity index (χ0v) is 18.7. The molecule has 0 amide bonds. The first-order valence-electron chi connectivity index (χ1n) is 9.29. The molecular weight excluding hydrogens is 386 g/mol. The third kappa shape index (κ3) is 6.32. The largest absolute Gasteiger partial charge is 1.00 e. The Labute approximate surface area is 200 Å². The Morgan fingerprint density at radius 2 is 0.833 bits per heavy atom. The Morgan fingerprint density at radius 3 is 1.33 bits per heavy atom. The molecule has 30 heavy (non-hydrogen) atoms. The van der Waals surface area contributed by atoms with Gasteiger partial charge >= 0.3 is 36.9 Å². The summed E-state index contributed by atoms with van der Waals surface area (Å²) in [6.45, 7) is 0. The average molecular weight is 406 g/mol. The first kappa shape index (κ1) is 21.8. The van der Waals surface area contributed by atoms with Gasteiger partial charge in [0.2, 0.25) is 0 Å². The van der Waals surface area contributed by atoms with E-state index >= 15 is 0 Å². The zero-order chi connectivity index (χ0) is 19.7. The quantitative estimate of drug-likeness (QED) is 0.422. The molecule has 0 aliphatic heterocycles. The van der Waals surface area contributed by atoms with E-state index in [1.54, 1.807) is 0 Å². The van der Waals surface area contributed by atoms with Crippen LogP contribution >= 0.6 is 0 Å². The summed E-state index contributed by atoms with van der Waals surface area (Å²) in [5.41, 5.74) is 0. The van der Waals surface area contributed by atoms with E-state index in [-0.39, 0.29) is 31.0 Å². The van der Waals surface area contributed by atoms with Crippen LogP contribution in [0.5, 0.6) is 28.7 Å². The second-order valence-electron chi connectivity index (χ2n) is 6.13. The summed E-state index contributed by atoms with van der Waals surface area (Å²) in [5.74, 6) is 3.06. The van der Waals surface area contributed by atoms with E-state index < -0.39 is 7.32 Å². The summed E-state index contributed by atoms with van der Waals surface area (Å²) >= 11 is 0. The molecular formula is C24H20BNaO4. The number of benzene rings is 4. The van der Waals surface area contributed by atoms with E-state index in [1.807, 2.05) is 115 Å². The van der Waals surface area contributed by atoms with E-state index in [0.717, 1.165) is 0 Å². The van der Waals surface area contributed by atoms with Gasteiger partial charge in [-0.25, -0.2) is 0 Å². The zero-order valence-electron chi connectivity index (χ0n) is 17.7. The smallest absolute Gasteiger partial charge is 1.00 e. The molecule has 0 spiro atoms. The van der Waals surface area contributed by atoms with Gasteiger partial charge in [-0.15, -0.1) is 0 Å². The minimum absolute atomic E-state index is 0. The molecule has 6 heteroatoms. The molecule has 0 saturated carbocycles. The van der Waals surface area contributed by atoms with Gasteiger partial charge in [0.05, 0.1) is 0 Å². The van der Waals surface area contributed by atoms with Gasteiger partial charge in [-0.1, -0.05) is 66.7 Å². The predicted octanol–water partition coefficient (Wildman–Crippen LogP) is 3.12. The summed E-state index contributed by atoms with van der Waals surface area (Å²) in [4.78, 5) is 0. The van der Waals surface area contributed by atoms with Gasteiger partial charge < -0.3 is 20.1 Å². The topological polar surface area (TPSA) is 36.9 Å². The van der Waals surface area contributed by atoms with E-state index in [4.69, 9.17) is 18.7 Å². The minimum atomic E-state index is -1.000. The van der Waals surface area contributed by atoms with Crippen molar-refractivity contribution in [3.8, 4) is 28.7 Å². The van der Waals surface area contributed by atoms with E-state index in [0.29, 0.717) is 28.7 Å². The van der Waals surface area contributed by atoms with Crippen LogP contribution in [0.3, 0.4) is 0 Å². The van der Waals surface area contributed by atoms with E-state index in [9.17, 15) is 0 Å². The maximum Gasteiger partial charge on any atom is 1.00 e. The second-order valence-corrected chi connectivity index (χ2v) is 6.13. The van der Waals surface area contributed by atoms with E-state index in [2.05, 4.69) is 0 Å². The molecule has 0 saturated heterocycles. The van der Waals surface area contributed by atoms with Crippen molar-refractivity contribution in [3.05, 3.63) is 115 Å². The van der Waals surface area contributed by atoms with Crippen LogP contribution in [0.15, 0.2) is 115 Å². The second kappa shape index (κ2) is 11.4. The Kier molecular flexibility index (Phi) is 8.27. The van der Waals surface area contributed by atoms with Crippen LogP contribution < -0.4 is 48.3 Å². The van der Waals surface area contributed by atoms with Crippen LogP contribution in [0.1, 0.15) is 1.43 Å². The van der Waals surface area contributed by atoms with Crippen molar-refractivity contribution >= 4 is 7.32 Å². The molecule has 4 rings (SSSR count). The molecule has 4 nitrogen and oxygen atoms in total. The summed E-state index contributed by atoms with van der Waals surface area (Å²) in [7, 11) is -1.000. The third-order valence-electron chi connectivity index (χ3n) is 3.99. The molecule has 4 aromatic carbocycles. The van der Waals surface area contributed by atoms with Crippen molar-refractivity contribution in [1.29, 1.82) is 0 Å². The molecule has 0 fully saturated rings. The van der Waals surface area contributed by atoms with Crippen LogP contribution in [0.25, 0.3) is 0 Å². The normalized spacial score (nSPS) is 9.73. The molecule has 4 aromatic rings. The van der Waals surface area contributed by atoms with Crippen molar-refractivity contribution in [1.82, 2.24) is 0 Å². The number of hydrogen-bond donors (Lipinski definition) is 0. The minimum Gasteiger partial charge on any atom is -1.00 e. The van der Waals surface area contributed by atoms with Crippen molar-refractivity contribution in [3.63, 3.8) is 0 Å².